The maximum absolute atomic E-state index is 13.0. The Morgan fingerprint density at radius 2 is 1.36 bits per heavy atom. The monoisotopic (exact) mass is 629 g/mol. The van der Waals surface area contributed by atoms with Crippen LogP contribution in [0.15, 0.2) is 83.8 Å². The van der Waals surface area contributed by atoms with Crippen LogP contribution in [0.1, 0.15) is 0 Å². The molecule has 3 aromatic carbocycles. The third-order valence-corrected chi connectivity index (χ3v) is 8.94. The predicted octanol–water partition coefficient (Wildman–Crippen LogP) is 3.57. The number of hydrogen-bond donors (Lipinski definition) is 3. The summed E-state index contributed by atoms with van der Waals surface area (Å²) in [5, 5.41) is 5.71. The van der Waals surface area contributed by atoms with Gasteiger partial charge in [0.25, 0.3) is 10.0 Å². The first-order valence-electron chi connectivity index (χ1n) is 14.7. The summed E-state index contributed by atoms with van der Waals surface area (Å²) in [7, 11) is -1.79. The molecule has 3 N–H and O–H groups in total. The van der Waals surface area contributed by atoms with Crippen molar-refractivity contribution in [3.63, 3.8) is 0 Å². The number of nitrogens with one attached hydrogen (secondary N) is 3. The molecule has 0 radical (unpaired) electrons. The Kier molecular flexibility index (Phi) is 9.05. The summed E-state index contributed by atoms with van der Waals surface area (Å²) in [5.74, 6) is 0.536. The minimum absolute atomic E-state index is 0.0921. The number of ether oxygens (including phenoxy) is 1. The summed E-state index contributed by atoms with van der Waals surface area (Å²) in [6.07, 6.45) is 0. The smallest absolute Gasteiger partial charge is 0.323 e. The summed E-state index contributed by atoms with van der Waals surface area (Å²) in [6, 6.07) is 22.5. The van der Waals surface area contributed by atoms with Crippen molar-refractivity contribution in [3.05, 3.63) is 78.9 Å². The van der Waals surface area contributed by atoms with Gasteiger partial charge in [0.15, 0.2) is 5.82 Å². The van der Waals surface area contributed by atoms with Crippen LogP contribution in [-0.2, 0) is 14.8 Å². The molecule has 2 fully saturated rings. The maximum atomic E-state index is 13.0. The van der Waals surface area contributed by atoms with E-state index >= 15 is 0 Å². The fourth-order valence-electron chi connectivity index (χ4n) is 5.04. The standard InChI is InChI=1S/C31H35N9O4S/c1-38-15-17-39(18-16-38)26-13-11-25(12-14-26)33-31(41)32-24-9-7-23(8-10-24)28-34-29(36-30(35-28)40-19-21-44-22-20-40)37-45(42,43)27-5-3-2-4-6-27/h2-14H,15-22H2,1H3,(H2,32,33,41)(H,34,35,36,37). The van der Waals surface area contributed by atoms with Gasteiger partial charge in [0.05, 0.1) is 18.1 Å². The molecule has 14 heteroatoms. The van der Waals surface area contributed by atoms with Crippen molar-refractivity contribution in [2.75, 3.05) is 84.7 Å². The van der Waals surface area contributed by atoms with Gasteiger partial charge in [-0.3, -0.25) is 0 Å². The average Bonchev–Trinajstić information content (AvgIpc) is 3.06. The SMILES string of the molecule is CN1CCN(c2ccc(NC(=O)Nc3ccc(-c4nc(NS(=O)(=O)c5ccccc5)nc(N5CCOCC5)n4)cc3)cc2)CC1. The fourth-order valence-corrected chi connectivity index (χ4v) is 6.00. The number of likely N-dealkylation sites (N-methyl/N-ethyl adjacent to an activating group) is 1. The highest BCUT2D eigenvalue weighted by Crippen LogP contribution is 2.24. The molecule has 234 valence electrons. The number of carbonyl (C=O) groups excluding carboxylic acids is 1. The van der Waals surface area contributed by atoms with Gasteiger partial charge in [-0.1, -0.05) is 18.2 Å². The molecule has 6 rings (SSSR count). The second-order valence-electron chi connectivity index (χ2n) is 10.8. The van der Waals surface area contributed by atoms with E-state index in [4.69, 9.17) is 4.74 Å². The molecule has 3 heterocycles. The van der Waals surface area contributed by atoms with Gasteiger partial charge in [-0.2, -0.15) is 15.0 Å². The lowest BCUT2D eigenvalue weighted by molar-refractivity contribution is 0.122. The Morgan fingerprint density at radius 1 is 0.733 bits per heavy atom. The van der Waals surface area contributed by atoms with Gasteiger partial charge >= 0.3 is 6.03 Å². The van der Waals surface area contributed by atoms with E-state index in [1.54, 1.807) is 42.5 Å². The van der Waals surface area contributed by atoms with Crippen LogP contribution in [0, 0.1) is 0 Å². The summed E-state index contributed by atoms with van der Waals surface area (Å²) in [4.78, 5) is 32.9. The molecule has 0 bridgehead atoms. The Hall–Kier alpha value is -4.79. The Labute approximate surface area is 262 Å². The van der Waals surface area contributed by atoms with Gasteiger partial charge in [-0.25, -0.2) is 17.9 Å². The van der Waals surface area contributed by atoms with Crippen LogP contribution < -0.4 is 25.2 Å². The van der Waals surface area contributed by atoms with Crippen molar-refractivity contribution in [2.24, 2.45) is 0 Å². The van der Waals surface area contributed by atoms with Crippen LogP contribution in [0.5, 0.6) is 0 Å². The highest BCUT2D eigenvalue weighted by Gasteiger charge is 2.21. The Balaban J connectivity index is 1.15. The van der Waals surface area contributed by atoms with Gasteiger partial charge in [0, 0.05) is 61.9 Å². The van der Waals surface area contributed by atoms with Crippen LogP contribution in [-0.4, -0.2) is 93.8 Å². The number of morpholine rings is 1. The van der Waals surface area contributed by atoms with E-state index in [2.05, 4.69) is 47.2 Å². The quantitative estimate of drug-likeness (QED) is 0.265. The zero-order valence-corrected chi connectivity index (χ0v) is 25.7. The molecule has 13 nitrogen and oxygen atoms in total. The number of piperazine rings is 1. The molecular weight excluding hydrogens is 594 g/mol. The first-order valence-corrected chi connectivity index (χ1v) is 16.2. The third kappa shape index (κ3) is 7.66. The van der Waals surface area contributed by atoms with Crippen LogP contribution >= 0.6 is 0 Å². The second kappa shape index (κ2) is 13.5. The van der Waals surface area contributed by atoms with E-state index in [9.17, 15) is 13.2 Å². The topological polar surface area (TPSA) is 145 Å². The van der Waals surface area contributed by atoms with Gasteiger partial charge in [-0.15, -0.1) is 0 Å². The first kappa shape index (κ1) is 30.2. The largest absolute Gasteiger partial charge is 0.378 e. The van der Waals surface area contributed by atoms with Crippen LogP contribution in [0.25, 0.3) is 11.4 Å². The molecule has 0 saturated carbocycles. The molecule has 4 aromatic rings. The molecule has 2 amide bonds. The number of sulfonamides is 1. The maximum Gasteiger partial charge on any atom is 0.323 e. The van der Waals surface area contributed by atoms with Crippen molar-refractivity contribution >= 4 is 45.0 Å². The number of amides is 2. The minimum Gasteiger partial charge on any atom is -0.378 e. The molecule has 0 spiro atoms. The van der Waals surface area contributed by atoms with Crippen molar-refractivity contribution < 1.29 is 17.9 Å². The van der Waals surface area contributed by atoms with Crippen molar-refractivity contribution in [1.82, 2.24) is 19.9 Å². The number of hydrogen-bond acceptors (Lipinski definition) is 10. The molecule has 2 aliphatic rings. The Bertz CT molecular complexity index is 1710. The van der Waals surface area contributed by atoms with Crippen molar-refractivity contribution in [3.8, 4) is 11.4 Å². The highest BCUT2D eigenvalue weighted by molar-refractivity contribution is 7.92. The fraction of sp³-hybridized carbons (Fsp3) is 0.290. The number of benzene rings is 3. The van der Waals surface area contributed by atoms with Gasteiger partial charge < -0.3 is 30.1 Å². The zero-order chi connectivity index (χ0) is 31.2. The van der Waals surface area contributed by atoms with Gasteiger partial charge in [0.2, 0.25) is 11.9 Å². The van der Waals surface area contributed by atoms with E-state index in [-0.39, 0.29) is 22.7 Å². The number of urea groups is 1. The molecule has 1 aromatic heterocycles. The lowest BCUT2D eigenvalue weighted by Crippen LogP contribution is -2.44. The lowest BCUT2D eigenvalue weighted by atomic mass is 10.2. The normalized spacial score (nSPS) is 15.8. The number of carbonyl (C=O) groups is 1. The zero-order valence-electron chi connectivity index (χ0n) is 24.9. The first-order chi connectivity index (χ1) is 21.8. The Morgan fingerprint density at radius 3 is 2.00 bits per heavy atom. The number of nitrogens with zero attached hydrogens (tertiary/aromatic N) is 6. The number of rotatable bonds is 8. The van der Waals surface area contributed by atoms with Gasteiger partial charge in [-0.05, 0) is 67.7 Å². The van der Waals surface area contributed by atoms with Crippen LogP contribution in [0.3, 0.4) is 0 Å². The number of aromatic nitrogens is 3. The van der Waals surface area contributed by atoms with E-state index in [0.717, 1.165) is 31.9 Å². The highest BCUT2D eigenvalue weighted by atomic mass is 32.2. The van der Waals surface area contributed by atoms with Crippen molar-refractivity contribution in [2.45, 2.75) is 4.90 Å². The van der Waals surface area contributed by atoms with E-state index in [1.165, 1.54) is 12.1 Å². The summed E-state index contributed by atoms with van der Waals surface area (Å²) in [6.45, 7) is 6.14. The molecule has 2 saturated heterocycles. The summed E-state index contributed by atoms with van der Waals surface area (Å²) >= 11 is 0. The molecule has 0 unspecified atom stereocenters. The number of anilines is 5. The van der Waals surface area contributed by atoms with E-state index < -0.39 is 10.0 Å². The van der Waals surface area contributed by atoms with Gasteiger partial charge in [0.1, 0.15) is 0 Å². The van der Waals surface area contributed by atoms with Crippen LogP contribution in [0.4, 0.5) is 33.8 Å². The van der Waals surface area contributed by atoms with E-state index in [1.807, 2.05) is 29.2 Å². The molecule has 45 heavy (non-hydrogen) atoms. The second-order valence-corrected chi connectivity index (χ2v) is 12.5. The molecule has 2 aliphatic heterocycles. The predicted molar refractivity (Wildman–Crippen MR) is 174 cm³/mol. The average molecular weight is 630 g/mol. The van der Waals surface area contributed by atoms with Crippen LogP contribution in [0.2, 0.25) is 0 Å². The van der Waals surface area contributed by atoms with E-state index in [0.29, 0.717) is 49.2 Å². The molecular formula is C31H35N9O4S. The molecule has 0 atom stereocenters. The minimum atomic E-state index is -3.92. The lowest BCUT2D eigenvalue weighted by Gasteiger charge is -2.34. The third-order valence-electron chi connectivity index (χ3n) is 7.59. The van der Waals surface area contributed by atoms with Crippen molar-refractivity contribution in [1.29, 1.82) is 0 Å². The summed E-state index contributed by atoms with van der Waals surface area (Å²) in [5.41, 5.74) is 3.01. The summed E-state index contributed by atoms with van der Waals surface area (Å²) < 4.78 is 34.0. The molecule has 0 aliphatic carbocycles.